The van der Waals surface area contributed by atoms with Gasteiger partial charge in [-0.2, -0.15) is 0 Å². The van der Waals surface area contributed by atoms with Gasteiger partial charge in [-0.25, -0.2) is 4.79 Å². The van der Waals surface area contributed by atoms with Crippen LogP contribution in [0, 0.1) is 11.8 Å². The molecule has 1 heterocycles. The molecule has 5 amide bonds. The molecule has 1 aromatic rings. The highest BCUT2D eigenvalue weighted by atomic mass is 127. The largest absolute Gasteiger partial charge is 0.352 e. The summed E-state index contributed by atoms with van der Waals surface area (Å²) in [6.07, 6.45) is 5.68. The molecule has 0 saturated heterocycles. The summed E-state index contributed by atoms with van der Waals surface area (Å²) in [5, 5.41) is 5.39. The molecule has 1 aromatic carbocycles. The monoisotopic (exact) mass is 680 g/mol. The van der Waals surface area contributed by atoms with Gasteiger partial charge in [-0.3, -0.25) is 28.9 Å². The van der Waals surface area contributed by atoms with E-state index in [2.05, 4.69) is 33.2 Å². The summed E-state index contributed by atoms with van der Waals surface area (Å²) >= 11 is 2.27. The lowest BCUT2D eigenvalue weighted by Gasteiger charge is -2.24. The van der Waals surface area contributed by atoms with Crippen molar-refractivity contribution in [2.24, 2.45) is 17.6 Å². The lowest BCUT2D eigenvalue weighted by Crippen LogP contribution is -2.46. The number of ketones is 2. The predicted molar refractivity (Wildman–Crippen MR) is 164 cm³/mol. The number of amides is 5. The van der Waals surface area contributed by atoms with Crippen LogP contribution in [0.4, 0.5) is 4.79 Å². The number of Topliss-reactive ketones (excluding diaryl/α,β-unsaturated/α-hetero) is 2. The third-order valence-corrected chi connectivity index (χ3v) is 7.94. The van der Waals surface area contributed by atoms with Crippen molar-refractivity contribution in [2.75, 3.05) is 13.1 Å². The molecule has 11 heteroatoms. The van der Waals surface area contributed by atoms with E-state index in [0.717, 1.165) is 15.6 Å². The summed E-state index contributed by atoms with van der Waals surface area (Å²) < 4.78 is 0.866. The van der Waals surface area contributed by atoms with Crippen molar-refractivity contribution in [3.05, 3.63) is 47.5 Å². The Morgan fingerprint density at radius 1 is 0.927 bits per heavy atom. The third-order valence-electron chi connectivity index (χ3n) is 7.06. The number of hydrogen-bond acceptors (Lipinski definition) is 6. The number of hydrogen-bond donors (Lipinski definition) is 3. The van der Waals surface area contributed by atoms with Crippen LogP contribution < -0.4 is 16.4 Å². The van der Waals surface area contributed by atoms with Crippen molar-refractivity contribution >= 4 is 57.9 Å². The summed E-state index contributed by atoms with van der Waals surface area (Å²) in [5.41, 5.74) is 7.14. The zero-order valence-corrected chi connectivity index (χ0v) is 26.0. The SMILES string of the molecule is CC(C)C(CC(=O)CCCCCN1C(=O)C=CC1=O)C(=O)NC(CCCNC(N)=O)C(=O)Cc1ccc(CI)cc1. The van der Waals surface area contributed by atoms with Gasteiger partial charge in [0, 0.05) is 54.8 Å². The highest BCUT2D eigenvalue weighted by Crippen LogP contribution is 2.19. The number of primary amides is 1. The molecule has 0 aliphatic carbocycles. The quantitative estimate of drug-likeness (QED) is 0.0881. The number of alkyl halides is 1. The van der Waals surface area contributed by atoms with Gasteiger partial charge < -0.3 is 16.4 Å². The van der Waals surface area contributed by atoms with E-state index in [1.165, 1.54) is 17.1 Å². The van der Waals surface area contributed by atoms with Crippen molar-refractivity contribution in [1.29, 1.82) is 0 Å². The highest BCUT2D eigenvalue weighted by molar-refractivity contribution is 14.1. The van der Waals surface area contributed by atoms with Gasteiger partial charge in [0.25, 0.3) is 11.8 Å². The first kappa shape index (κ1) is 34.1. The number of benzene rings is 1. The van der Waals surface area contributed by atoms with E-state index in [1.807, 2.05) is 38.1 Å². The van der Waals surface area contributed by atoms with E-state index in [-0.39, 0.29) is 54.6 Å². The van der Waals surface area contributed by atoms with E-state index < -0.39 is 18.0 Å². The van der Waals surface area contributed by atoms with Crippen LogP contribution in [0.25, 0.3) is 0 Å². The van der Waals surface area contributed by atoms with Crippen molar-refractivity contribution in [3.63, 3.8) is 0 Å². The Hall–Kier alpha value is -3.09. The van der Waals surface area contributed by atoms with Crippen molar-refractivity contribution in [3.8, 4) is 0 Å². The molecule has 0 spiro atoms. The topological polar surface area (TPSA) is 156 Å². The maximum Gasteiger partial charge on any atom is 0.312 e. The predicted octanol–water partition coefficient (Wildman–Crippen LogP) is 3.38. The molecule has 0 radical (unpaired) electrons. The fraction of sp³-hybridized carbons (Fsp3) is 0.533. The summed E-state index contributed by atoms with van der Waals surface area (Å²) in [5.74, 6) is -1.86. The molecule has 224 valence electrons. The molecular weight excluding hydrogens is 639 g/mol. The first-order chi connectivity index (χ1) is 19.5. The fourth-order valence-corrected chi connectivity index (χ4v) is 5.09. The number of halogens is 1. The van der Waals surface area contributed by atoms with Crippen molar-refractivity contribution in [2.45, 2.75) is 75.7 Å². The van der Waals surface area contributed by atoms with Crippen molar-refractivity contribution < 1.29 is 28.8 Å². The molecule has 2 atom stereocenters. The Morgan fingerprint density at radius 2 is 1.56 bits per heavy atom. The van der Waals surface area contributed by atoms with Gasteiger partial charge in [0.15, 0.2) is 5.78 Å². The number of carbonyl (C=O) groups excluding carboxylic acids is 6. The lowest BCUT2D eigenvalue weighted by molar-refractivity contribution is -0.137. The first-order valence-corrected chi connectivity index (χ1v) is 15.6. The van der Waals surface area contributed by atoms with Crippen LogP contribution in [-0.4, -0.2) is 59.4 Å². The summed E-state index contributed by atoms with van der Waals surface area (Å²) in [6, 6.07) is 6.36. The van der Waals surface area contributed by atoms with Gasteiger partial charge in [-0.05, 0) is 42.7 Å². The van der Waals surface area contributed by atoms with Gasteiger partial charge in [0.1, 0.15) is 5.78 Å². The fourth-order valence-electron chi connectivity index (χ4n) is 4.58. The van der Waals surface area contributed by atoms with E-state index in [9.17, 15) is 28.8 Å². The second-order valence-electron chi connectivity index (χ2n) is 10.7. The van der Waals surface area contributed by atoms with Crippen LogP contribution in [0.15, 0.2) is 36.4 Å². The summed E-state index contributed by atoms with van der Waals surface area (Å²) in [4.78, 5) is 74.8. The van der Waals surface area contributed by atoms with Crippen molar-refractivity contribution in [1.82, 2.24) is 15.5 Å². The minimum atomic E-state index is -0.761. The zero-order valence-electron chi connectivity index (χ0n) is 23.8. The maximum atomic E-state index is 13.3. The average molecular weight is 681 g/mol. The number of carbonyl (C=O) groups is 6. The molecule has 41 heavy (non-hydrogen) atoms. The van der Waals surface area contributed by atoms with E-state index in [4.69, 9.17) is 5.73 Å². The Labute approximate surface area is 255 Å². The summed E-state index contributed by atoms with van der Waals surface area (Å²) in [6.45, 7) is 4.35. The maximum absolute atomic E-state index is 13.3. The molecule has 4 N–H and O–H groups in total. The normalized spacial score (nSPS) is 14.3. The average Bonchev–Trinajstić information content (AvgIpc) is 3.25. The smallest absolute Gasteiger partial charge is 0.312 e. The third kappa shape index (κ3) is 12.1. The molecule has 10 nitrogen and oxygen atoms in total. The molecule has 1 aliphatic rings. The van der Waals surface area contributed by atoms with Crippen LogP contribution >= 0.6 is 22.6 Å². The molecule has 1 aliphatic heterocycles. The molecule has 0 aromatic heterocycles. The number of urea groups is 1. The van der Waals surface area contributed by atoms with Gasteiger partial charge in [-0.15, -0.1) is 0 Å². The minimum absolute atomic E-state index is 0.0438. The van der Waals surface area contributed by atoms with Gasteiger partial charge in [0.2, 0.25) is 5.91 Å². The molecule has 2 rings (SSSR count). The molecular formula is C30H41IN4O6. The van der Waals surface area contributed by atoms with Crippen LogP contribution in [-0.2, 0) is 34.8 Å². The summed E-state index contributed by atoms with van der Waals surface area (Å²) in [7, 11) is 0. The number of rotatable bonds is 19. The highest BCUT2D eigenvalue weighted by Gasteiger charge is 2.29. The second kappa shape index (κ2) is 17.7. The number of nitrogens with one attached hydrogen (secondary N) is 2. The lowest BCUT2D eigenvalue weighted by atomic mass is 9.88. The van der Waals surface area contributed by atoms with Gasteiger partial charge in [-0.1, -0.05) is 67.1 Å². The zero-order chi connectivity index (χ0) is 30.4. The second-order valence-corrected chi connectivity index (χ2v) is 11.4. The molecule has 0 bridgehead atoms. The van der Waals surface area contributed by atoms with Crippen LogP contribution in [0.5, 0.6) is 0 Å². The Morgan fingerprint density at radius 3 is 2.15 bits per heavy atom. The number of imide groups is 1. The van der Waals surface area contributed by atoms with Crippen LogP contribution in [0.3, 0.4) is 0 Å². The van der Waals surface area contributed by atoms with Gasteiger partial charge in [0.05, 0.1) is 6.04 Å². The van der Waals surface area contributed by atoms with Crippen LogP contribution in [0.2, 0.25) is 0 Å². The van der Waals surface area contributed by atoms with Gasteiger partial charge >= 0.3 is 6.03 Å². The standard InChI is InChI=1S/C30H41IN4O6/c1-20(2)24(18-23(36)7-4-3-5-16-35-27(38)13-14-28(35)39)29(40)34-25(8-6-15-33-30(32)41)26(37)17-21-9-11-22(19-31)12-10-21/h9-14,20,24-25H,3-8,15-19H2,1-2H3,(H,34,40)(H3,32,33,41). The first-order valence-electron chi connectivity index (χ1n) is 14.1. The molecule has 0 fully saturated rings. The number of unbranched alkanes of at least 4 members (excludes halogenated alkanes) is 2. The molecule has 2 unspecified atom stereocenters. The Bertz CT molecular complexity index is 1100. The number of nitrogens with two attached hydrogens (primary N) is 1. The van der Waals surface area contributed by atoms with E-state index in [1.54, 1.807) is 0 Å². The Balaban J connectivity index is 1.92. The van der Waals surface area contributed by atoms with E-state index >= 15 is 0 Å². The van der Waals surface area contributed by atoms with Crippen LogP contribution in [0.1, 0.15) is 69.9 Å². The van der Waals surface area contributed by atoms with E-state index in [0.29, 0.717) is 45.1 Å². The number of nitrogens with zero attached hydrogens (tertiary/aromatic N) is 1. The Kier molecular flexibility index (Phi) is 14.7. The molecule has 0 saturated carbocycles. The minimum Gasteiger partial charge on any atom is -0.352 e.